The summed E-state index contributed by atoms with van der Waals surface area (Å²) in [6.07, 6.45) is 7.36. The van der Waals surface area contributed by atoms with Crippen LogP contribution >= 0.6 is 23.2 Å². The van der Waals surface area contributed by atoms with Crippen molar-refractivity contribution in [1.29, 1.82) is 0 Å². The number of fused-ring (bicyclic) bond motifs is 1. The van der Waals surface area contributed by atoms with E-state index in [9.17, 15) is 43.2 Å². The number of benzene rings is 2. The SMILES string of the molecule is O=C(CCCCCNC(=O)COc1cccc2c1C(=O)N(C1CCC(=O)NC1=O)C2=O)NCCCCCC(=O)N1CCC(NC(=O)c2[nH]ncc2NC(=O)c2c(Cl)cccc2Cl)CC1. The van der Waals surface area contributed by atoms with Crippen LogP contribution in [0.4, 0.5) is 5.69 Å². The van der Waals surface area contributed by atoms with Gasteiger partial charge in [-0.05, 0) is 69.2 Å². The van der Waals surface area contributed by atoms with E-state index in [0.29, 0.717) is 77.5 Å². The molecular weight excluding hydrogens is 873 g/mol. The molecule has 3 aliphatic rings. The molecule has 4 heterocycles. The molecule has 1 aromatic heterocycles. The van der Waals surface area contributed by atoms with Crippen molar-refractivity contribution in [2.24, 2.45) is 0 Å². The quantitative estimate of drug-likeness (QED) is 0.0706. The first-order valence-electron chi connectivity index (χ1n) is 21.2. The Morgan fingerprint density at radius 1 is 0.781 bits per heavy atom. The third-order valence-corrected chi connectivity index (χ3v) is 11.7. The molecule has 0 radical (unpaired) electrons. The van der Waals surface area contributed by atoms with E-state index in [-0.39, 0.29) is 74.6 Å². The Balaban J connectivity index is 0.771. The zero-order valence-electron chi connectivity index (χ0n) is 34.9. The van der Waals surface area contributed by atoms with Crippen molar-refractivity contribution in [2.45, 2.75) is 89.1 Å². The number of nitrogens with zero attached hydrogens (tertiary/aromatic N) is 3. The lowest BCUT2D eigenvalue weighted by molar-refractivity contribution is -0.136. The van der Waals surface area contributed by atoms with Gasteiger partial charge in [0, 0.05) is 51.5 Å². The minimum absolute atomic E-state index is 0.00245. The first-order chi connectivity index (χ1) is 30.8. The summed E-state index contributed by atoms with van der Waals surface area (Å²) in [7, 11) is 0. The number of unbranched alkanes of at least 4 members (excludes halogenated alkanes) is 4. The Kier molecular flexibility index (Phi) is 16.5. The molecule has 64 heavy (non-hydrogen) atoms. The lowest BCUT2D eigenvalue weighted by atomic mass is 10.0. The summed E-state index contributed by atoms with van der Waals surface area (Å²) in [6.45, 7) is 1.44. The minimum Gasteiger partial charge on any atom is -0.483 e. The van der Waals surface area contributed by atoms with Gasteiger partial charge in [-0.3, -0.25) is 58.5 Å². The highest BCUT2D eigenvalue weighted by atomic mass is 35.5. The molecule has 0 bridgehead atoms. The molecule has 340 valence electrons. The molecule has 1 atom stereocenters. The maximum absolute atomic E-state index is 13.2. The van der Waals surface area contributed by atoms with Crippen molar-refractivity contribution in [3.63, 3.8) is 0 Å². The lowest BCUT2D eigenvalue weighted by Gasteiger charge is -2.32. The normalized spacial score (nSPS) is 16.2. The van der Waals surface area contributed by atoms with Crippen molar-refractivity contribution in [1.82, 2.24) is 41.3 Å². The van der Waals surface area contributed by atoms with Gasteiger partial charge in [-0.2, -0.15) is 5.10 Å². The van der Waals surface area contributed by atoms with E-state index >= 15 is 0 Å². The average molecular weight is 923 g/mol. The molecule has 6 rings (SSSR count). The molecule has 2 saturated heterocycles. The number of aromatic nitrogens is 2. The van der Waals surface area contributed by atoms with Crippen LogP contribution in [-0.4, -0.2) is 118 Å². The van der Waals surface area contributed by atoms with E-state index in [1.807, 2.05) is 0 Å². The number of likely N-dealkylation sites (tertiary alicyclic amines) is 1. The Morgan fingerprint density at radius 2 is 1.45 bits per heavy atom. The second-order valence-corrected chi connectivity index (χ2v) is 16.4. The molecule has 19 nitrogen and oxygen atoms in total. The Labute approximate surface area is 378 Å². The Bertz CT molecular complexity index is 2270. The van der Waals surface area contributed by atoms with Gasteiger partial charge in [0.2, 0.25) is 23.6 Å². The third-order valence-electron chi connectivity index (χ3n) is 11.1. The van der Waals surface area contributed by atoms with E-state index in [2.05, 4.69) is 36.8 Å². The summed E-state index contributed by atoms with van der Waals surface area (Å²) in [5.74, 6) is -4.04. The van der Waals surface area contributed by atoms with Gasteiger partial charge in [-0.15, -0.1) is 0 Å². The number of nitrogens with one attached hydrogen (secondary N) is 6. The van der Waals surface area contributed by atoms with Crippen molar-refractivity contribution in [3.05, 3.63) is 75.0 Å². The highest BCUT2D eigenvalue weighted by Gasteiger charge is 2.46. The van der Waals surface area contributed by atoms with Gasteiger partial charge in [0.1, 0.15) is 17.5 Å². The van der Waals surface area contributed by atoms with Crippen LogP contribution in [0.25, 0.3) is 0 Å². The third kappa shape index (κ3) is 12.0. The molecule has 3 aromatic rings. The van der Waals surface area contributed by atoms with Crippen LogP contribution in [0.3, 0.4) is 0 Å². The summed E-state index contributed by atoms with van der Waals surface area (Å²) in [6, 6.07) is 7.82. The predicted molar refractivity (Wildman–Crippen MR) is 232 cm³/mol. The van der Waals surface area contributed by atoms with Crippen LogP contribution in [0.2, 0.25) is 10.0 Å². The van der Waals surface area contributed by atoms with Crippen molar-refractivity contribution < 1.29 is 47.9 Å². The number of ether oxygens (including phenoxy) is 1. The number of hydrogen-bond acceptors (Lipinski definition) is 11. The average Bonchev–Trinajstić information content (AvgIpc) is 3.83. The van der Waals surface area contributed by atoms with Crippen LogP contribution in [0.15, 0.2) is 42.6 Å². The van der Waals surface area contributed by atoms with Crippen LogP contribution in [-0.2, 0) is 24.0 Å². The number of carbonyl (C=O) groups is 9. The number of aromatic amines is 1. The molecule has 9 amide bonds. The summed E-state index contributed by atoms with van der Waals surface area (Å²) in [4.78, 5) is 116. The van der Waals surface area contributed by atoms with Gasteiger partial charge >= 0.3 is 0 Å². The molecule has 0 spiro atoms. The number of rotatable bonds is 20. The number of anilines is 1. The molecule has 6 N–H and O–H groups in total. The number of halogens is 2. The first-order valence-corrected chi connectivity index (χ1v) is 22.0. The number of carbonyl (C=O) groups excluding carboxylic acids is 9. The van der Waals surface area contributed by atoms with E-state index in [1.54, 1.807) is 11.0 Å². The Morgan fingerprint density at radius 3 is 2.16 bits per heavy atom. The predicted octanol–water partition coefficient (Wildman–Crippen LogP) is 3.52. The van der Waals surface area contributed by atoms with Crippen LogP contribution in [0.1, 0.15) is 119 Å². The number of H-pyrrole nitrogens is 1. The first kappa shape index (κ1) is 47.1. The summed E-state index contributed by atoms with van der Waals surface area (Å²) < 4.78 is 5.60. The van der Waals surface area contributed by atoms with Crippen LogP contribution in [0.5, 0.6) is 5.75 Å². The molecule has 1 unspecified atom stereocenters. The van der Waals surface area contributed by atoms with Gasteiger partial charge in [0.25, 0.3) is 29.5 Å². The summed E-state index contributed by atoms with van der Waals surface area (Å²) in [5.41, 5.74) is 0.348. The molecule has 0 aliphatic carbocycles. The smallest absolute Gasteiger partial charge is 0.271 e. The zero-order chi connectivity index (χ0) is 45.8. The summed E-state index contributed by atoms with van der Waals surface area (Å²) in [5, 5.41) is 20.2. The molecule has 3 aliphatic heterocycles. The van der Waals surface area contributed by atoms with Crippen LogP contribution < -0.4 is 31.3 Å². The Hall–Kier alpha value is -6.34. The summed E-state index contributed by atoms with van der Waals surface area (Å²) >= 11 is 12.3. The van der Waals surface area contributed by atoms with Crippen molar-refractivity contribution in [3.8, 4) is 5.75 Å². The van der Waals surface area contributed by atoms with Gasteiger partial charge < -0.3 is 30.9 Å². The number of hydrogen-bond donors (Lipinski definition) is 6. The van der Waals surface area contributed by atoms with E-state index in [1.165, 1.54) is 36.5 Å². The van der Waals surface area contributed by atoms with E-state index in [0.717, 1.165) is 17.7 Å². The molecule has 2 aromatic carbocycles. The highest BCUT2D eigenvalue weighted by molar-refractivity contribution is 6.40. The van der Waals surface area contributed by atoms with Gasteiger partial charge in [-0.1, -0.05) is 48.2 Å². The van der Waals surface area contributed by atoms with E-state index < -0.39 is 54.0 Å². The topological polar surface area (TPSA) is 258 Å². The van der Waals surface area contributed by atoms with Crippen LogP contribution in [0, 0.1) is 0 Å². The minimum atomic E-state index is -1.12. The van der Waals surface area contributed by atoms with Gasteiger partial charge in [-0.25, -0.2) is 0 Å². The lowest BCUT2D eigenvalue weighted by Crippen LogP contribution is -2.54. The largest absolute Gasteiger partial charge is 0.483 e. The fourth-order valence-electron chi connectivity index (χ4n) is 7.65. The van der Waals surface area contributed by atoms with E-state index in [4.69, 9.17) is 27.9 Å². The molecule has 2 fully saturated rings. The monoisotopic (exact) mass is 921 g/mol. The second kappa shape index (κ2) is 22.3. The molecule has 0 saturated carbocycles. The fourth-order valence-corrected chi connectivity index (χ4v) is 8.22. The van der Waals surface area contributed by atoms with Gasteiger partial charge in [0.15, 0.2) is 6.61 Å². The van der Waals surface area contributed by atoms with Crippen molar-refractivity contribution >= 4 is 82.1 Å². The number of piperidine rings is 2. The second-order valence-electron chi connectivity index (χ2n) is 15.6. The van der Waals surface area contributed by atoms with Gasteiger partial charge in [0.05, 0.1) is 38.6 Å². The number of imide groups is 2. The van der Waals surface area contributed by atoms with Crippen molar-refractivity contribution in [2.75, 3.05) is 38.1 Å². The molecule has 21 heteroatoms. The maximum Gasteiger partial charge on any atom is 0.271 e. The molecular formula is C43H49Cl2N9O10. The maximum atomic E-state index is 13.2. The standard InChI is InChI=1S/C43H49Cl2N9O10/c44-27-10-8-11-28(45)37(27)40(60)50-29-23-48-52-38(29)41(61)49-25-17-21-53(22-18-25)35(58)14-4-2-6-19-46-32(55)13-3-1-5-20-47-34(57)24-64-31-12-7-9-26-36(31)43(63)54(42(26)62)30-15-16-33(56)51-39(30)59/h7-12,23,25,30H,1-6,13-22,24H2,(H,46,55)(H,47,57)(H,48,52)(H,49,61)(H,50,60)(H,51,56,59). The number of amides is 9. The fraction of sp³-hybridized carbons (Fsp3) is 0.442. The highest BCUT2D eigenvalue weighted by Crippen LogP contribution is 2.34. The zero-order valence-corrected chi connectivity index (χ0v) is 36.4.